The van der Waals surface area contributed by atoms with Crippen LogP contribution in [-0.4, -0.2) is 28.2 Å². The smallest absolute Gasteiger partial charge is 0.281 e. The van der Waals surface area contributed by atoms with Gasteiger partial charge in [-0.15, -0.1) is 0 Å². The number of unbranched alkanes of at least 4 members (excludes halogenated alkanes) is 1. The Morgan fingerprint density at radius 1 is 0.786 bits per heavy atom. The van der Waals surface area contributed by atoms with Crippen LogP contribution in [0.5, 0.6) is 0 Å². The molecule has 0 saturated heterocycles. The predicted molar refractivity (Wildman–Crippen MR) is 66.5 cm³/mol. The summed E-state index contributed by atoms with van der Waals surface area (Å²) in [4.78, 5) is 10.9. The van der Waals surface area contributed by atoms with Crippen LogP contribution in [0.1, 0.15) is 40.5 Å². The normalized spacial score (nSPS) is 12.0. The number of hydrogen-bond acceptors (Lipinski definition) is 3. The van der Waals surface area contributed by atoms with Crippen LogP contribution in [0.2, 0.25) is 6.04 Å². The van der Waals surface area contributed by atoms with Crippen molar-refractivity contribution >= 4 is 8.56 Å². The van der Waals surface area contributed by atoms with Gasteiger partial charge < -0.3 is 14.9 Å². The van der Waals surface area contributed by atoms with Crippen molar-refractivity contribution in [2.24, 2.45) is 0 Å². The molecule has 0 unspecified atom stereocenters. The maximum atomic E-state index is 3.65. The van der Waals surface area contributed by atoms with Crippen molar-refractivity contribution in [1.29, 1.82) is 0 Å². The van der Waals surface area contributed by atoms with Gasteiger partial charge in [0.25, 0.3) is 8.56 Å². The minimum absolute atomic E-state index is 1.05. The van der Waals surface area contributed by atoms with Gasteiger partial charge in [0.2, 0.25) is 0 Å². The SMILES string of the molecule is CCCC[Si](NCC)(NCC)NCC. The Labute approximate surface area is 90.3 Å². The average Bonchev–Trinajstić information content (AvgIpc) is 2.16. The first-order valence-corrected chi connectivity index (χ1v) is 8.20. The van der Waals surface area contributed by atoms with E-state index < -0.39 is 8.56 Å². The largest absolute Gasteiger partial charge is 0.314 e. The topological polar surface area (TPSA) is 36.1 Å². The molecule has 0 aromatic heterocycles. The molecule has 0 aliphatic rings. The van der Waals surface area contributed by atoms with Gasteiger partial charge in [0.15, 0.2) is 0 Å². The van der Waals surface area contributed by atoms with Gasteiger partial charge in [-0.25, -0.2) is 0 Å². The Balaban J connectivity index is 4.21. The van der Waals surface area contributed by atoms with Gasteiger partial charge in [0.05, 0.1) is 0 Å². The molecular weight excluding hydrogens is 190 g/mol. The fourth-order valence-corrected chi connectivity index (χ4v) is 5.40. The van der Waals surface area contributed by atoms with Crippen molar-refractivity contribution in [3.63, 3.8) is 0 Å². The molecule has 86 valence electrons. The second-order valence-corrected chi connectivity index (χ2v) is 6.97. The Hall–Kier alpha value is 0.0969. The monoisotopic (exact) mass is 217 g/mol. The van der Waals surface area contributed by atoms with E-state index in [1.165, 1.54) is 18.9 Å². The van der Waals surface area contributed by atoms with Crippen LogP contribution in [0.3, 0.4) is 0 Å². The third-order valence-electron chi connectivity index (χ3n) is 2.34. The van der Waals surface area contributed by atoms with Gasteiger partial charge >= 0.3 is 0 Å². The van der Waals surface area contributed by atoms with Crippen LogP contribution in [0.25, 0.3) is 0 Å². The molecule has 0 atom stereocenters. The lowest BCUT2D eigenvalue weighted by atomic mass is 10.4. The van der Waals surface area contributed by atoms with E-state index >= 15 is 0 Å². The average molecular weight is 217 g/mol. The Kier molecular flexibility index (Phi) is 8.47. The lowest BCUT2D eigenvalue weighted by Crippen LogP contribution is -2.72. The summed E-state index contributed by atoms with van der Waals surface area (Å²) in [5.41, 5.74) is 0. The van der Waals surface area contributed by atoms with Crippen LogP contribution >= 0.6 is 0 Å². The fraction of sp³-hybridized carbons (Fsp3) is 1.00. The third kappa shape index (κ3) is 5.10. The molecule has 0 rings (SSSR count). The summed E-state index contributed by atoms with van der Waals surface area (Å²) in [6.07, 6.45) is 2.58. The van der Waals surface area contributed by atoms with E-state index in [1.807, 2.05) is 0 Å². The summed E-state index contributed by atoms with van der Waals surface area (Å²) in [7, 11) is -1.57. The Bertz CT molecular complexity index is 114. The van der Waals surface area contributed by atoms with Crippen LogP contribution in [0.15, 0.2) is 0 Å². The van der Waals surface area contributed by atoms with Gasteiger partial charge in [-0.3, -0.25) is 0 Å². The highest BCUT2D eigenvalue weighted by molar-refractivity contribution is 6.72. The molecule has 0 radical (unpaired) electrons. The summed E-state index contributed by atoms with van der Waals surface area (Å²) in [5.74, 6) is 0. The molecule has 4 heteroatoms. The molecule has 0 heterocycles. The summed E-state index contributed by atoms with van der Waals surface area (Å²) in [6.45, 7) is 12.0. The zero-order valence-corrected chi connectivity index (χ0v) is 11.2. The van der Waals surface area contributed by atoms with Gasteiger partial charge in [0.1, 0.15) is 0 Å². The van der Waals surface area contributed by atoms with E-state index in [0.717, 1.165) is 19.6 Å². The van der Waals surface area contributed by atoms with Crippen molar-refractivity contribution in [2.45, 2.75) is 46.6 Å². The van der Waals surface area contributed by atoms with E-state index in [0.29, 0.717) is 0 Å². The third-order valence-corrected chi connectivity index (χ3v) is 6.32. The molecule has 14 heavy (non-hydrogen) atoms. The summed E-state index contributed by atoms with van der Waals surface area (Å²) in [5, 5.41) is 0. The second-order valence-electron chi connectivity index (χ2n) is 3.60. The Morgan fingerprint density at radius 2 is 1.21 bits per heavy atom. The van der Waals surface area contributed by atoms with Crippen LogP contribution in [-0.2, 0) is 0 Å². The molecule has 0 aromatic rings. The molecule has 0 fully saturated rings. The molecule has 0 amide bonds. The van der Waals surface area contributed by atoms with Crippen molar-refractivity contribution < 1.29 is 0 Å². The van der Waals surface area contributed by atoms with Crippen LogP contribution in [0, 0.1) is 0 Å². The van der Waals surface area contributed by atoms with Crippen molar-refractivity contribution in [3.8, 4) is 0 Å². The number of rotatable bonds is 9. The van der Waals surface area contributed by atoms with Crippen molar-refractivity contribution in [3.05, 3.63) is 0 Å². The van der Waals surface area contributed by atoms with Gasteiger partial charge in [-0.05, 0) is 25.7 Å². The predicted octanol–water partition coefficient (Wildman–Crippen LogP) is 1.55. The number of hydrogen-bond donors (Lipinski definition) is 3. The number of nitrogens with one attached hydrogen (secondary N) is 3. The van der Waals surface area contributed by atoms with Gasteiger partial charge in [-0.1, -0.05) is 40.5 Å². The van der Waals surface area contributed by atoms with E-state index in [9.17, 15) is 0 Å². The minimum Gasteiger partial charge on any atom is -0.314 e. The van der Waals surface area contributed by atoms with Crippen LogP contribution < -0.4 is 14.9 Å². The van der Waals surface area contributed by atoms with E-state index in [4.69, 9.17) is 0 Å². The zero-order chi connectivity index (χ0) is 10.9. The molecule has 3 nitrogen and oxygen atoms in total. The highest BCUT2D eigenvalue weighted by Gasteiger charge is 2.30. The lowest BCUT2D eigenvalue weighted by molar-refractivity contribution is 0.728. The van der Waals surface area contributed by atoms with Crippen LogP contribution in [0.4, 0.5) is 0 Å². The maximum absolute atomic E-state index is 3.65. The zero-order valence-electron chi connectivity index (χ0n) is 10.2. The summed E-state index contributed by atoms with van der Waals surface area (Å²) >= 11 is 0. The maximum Gasteiger partial charge on any atom is 0.281 e. The first-order chi connectivity index (χ1) is 6.74. The molecule has 0 spiro atoms. The van der Waals surface area contributed by atoms with Gasteiger partial charge in [-0.2, -0.15) is 0 Å². The molecule has 0 aromatic carbocycles. The first-order valence-electron chi connectivity index (χ1n) is 5.99. The standard InChI is InChI=1S/C10H27N3Si/c1-5-9-10-14(11-6-2,12-7-3)13-8-4/h11-13H,5-10H2,1-4H3. The van der Waals surface area contributed by atoms with Gasteiger partial charge in [0, 0.05) is 0 Å². The van der Waals surface area contributed by atoms with E-state index in [-0.39, 0.29) is 0 Å². The highest BCUT2D eigenvalue weighted by atomic mass is 28.4. The molecule has 0 saturated carbocycles. The molecule has 0 aliphatic carbocycles. The second kappa shape index (κ2) is 8.41. The molecule has 0 bridgehead atoms. The van der Waals surface area contributed by atoms with Crippen molar-refractivity contribution in [2.75, 3.05) is 19.6 Å². The quantitative estimate of drug-likeness (QED) is 0.513. The first kappa shape index (κ1) is 14.1. The fourth-order valence-electron chi connectivity index (χ4n) is 1.80. The highest BCUT2D eigenvalue weighted by Crippen LogP contribution is 2.05. The molecule has 0 aliphatic heterocycles. The summed E-state index contributed by atoms with van der Waals surface area (Å²) in [6, 6.07) is 1.28. The van der Waals surface area contributed by atoms with E-state index in [2.05, 4.69) is 42.6 Å². The van der Waals surface area contributed by atoms with E-state index in [1.54, 1.807) is 0 Å². The minimum atomic E-state index is -1.57. The molecular formula is C10H27N3Si. The summed E-state index contributed by atoms with van der Waals surface area (Å²) < 4.78 is 0. The van der Waals surface area contributed by atoms with Crippen molar-refractivity contribution in [1.82, 2.24) is 14.9 Å². The lowest BCUT2D eigenvalue weighted by Gasteiger charge is -2.32. The molecule has 3 N–H and O–H groups in total. The Morgan fingerprint density at radius 3 is 1.50 bits per heavy atom.